The maximum atomic E-state index is 6.07. The van der Waals surface area contributed by atoms with Crippen molar-refractivity contribution < 1.29 is 0 Å². The highest BCUT2D eigenvalue weighted by molar-refractivity contribution is 6.30. The highest BCUT2D eigenvalue weighted by Crippen LogP contribution is 2.37. The van der Waals surface area contributed by atoms with Gasteiger partial charge in [0.25, 0.3) is 0 Å². The molecule has 1 aromatic rings. The summed E-state index contributed by atoms with van der Waals surface area (Å²) in [5.41, 5.74) is 1.41. The van der Waals surface area contributed by atoms with Crippen molar-refractivity contribution in [2.75, 3.05) is 26.2 Å². The Morgan fingerprint density at radius 1 is 1.24 bits per heavy atom. The summed E-state index contributed by atoms with van der Waals surface area (Å²) in [6, 6.07) is 9.06. The Bertz CT molecular complexity index is 448. The number of rotatable bonds is 5. The molecule has 1 saturated heterocycles. The third-order valence-electron chi connectivity index (χ3n) is 5.20. The monoisotopic (exact) mass is 306 g/mol. The molecule has 1 aliphatic heterocycles. The van der Waals surface area contributed by atoms with Gasteiger partial charge in [-0.05, 0) is 68.3 Å². The van der Waals surface area contributed by atoms with E-state index in [2.05, 4.69) is 35.3 Å². The maximum Gasteiger partial charge on any atom is 0.0408 e. The Kier molecular flexibility index (Phi) is 5.20. The van der Waals surface area contributed by atoms with Crippen LogP contribution in [0.4, 0.5) is 0 Å². The fourth-order valence-corrected chi connectivity index (χ4v) is 3.73. The molecule has 1 heterocycles. The lowest BCUT2D eigenvalue weighted by molar-refractivity contribution is 0.184. The number of hydrogen-bond acceptors (Lipinski definition) is 2. The van der Waals surface area contributed by atoms with Crippen molar-refractivity contribution in [1.29, 1.82) is 0 Å². The topological polar surface area (TPSA) is 15.3 Å². The van der Waals surface area contributed by atoms with Gasteiger partial charge in [-0.25, -0.2) is 0 Å². The highest BCUT2D eigenvalue weighted by atomic mass is 35.5. The lowest BCUT2D eigenvalue weighted by Crippen LogP contribution is -2.44. The van der Waals surface area contributed by atoms with E-state index in [0.29, 0.717) is 12.0 Å². The predicted octanol–water partition coefficient (Wildman–Crippen LogP) is 3.91. The van der Waals surface area contributed by atoms with Crippen LogP contribution in [0, 0.1) is 5.92 Å². The van der Waals surface area contributed by atoms with Gasteiger partial charge in [-0.1, -0.05) is 30.7 Å². The number of benzene rings is 1. The highest BCUT2D eigenvalue weighted by Gasteiger charge is 2.29. The molecule has 1 saturated carbocycles. The maximum absolute atomic E-state index is 6.07. The van der Waals surface area contributed by atoms with Gasteiger partial charge in [0.15, 0.2) is 0 Å². The first-order valence-electron chi connectivity index (χ1n) is 8.42. The van der Waals surface area contributed by atoms with E-state index in [1.165, 1.54) is 50.9 Å². The van der Waals surface area contributed by atoms with Crippen LogP contribution in [0.25, 0.3) is 0 Å². The summed E-state index contributed by atoms with van der Waals surface area (Å²) >= 11 is 6.07. The molecule has 2 nitrogen and oxygen atoms in total. The molecule has 2 fully saturated rings. The lowest BCUT2D eigenvalue weighted by atomic mass is 9.76. The first kappa shape index (κ1) is 15.3. The van der Waals surface area contributed by atoms with Gasteiger partial charge >= 0.3 is 0 Å². The molecule has 0 amide bonds. The van der Waals surface area contributed by atoms with Gasteiger partial charge < -0.3 is 10.2 Å². The Labute approximate surface area is 133 Å². The van der Waals surface area contributed by atoms with Crippen LogP contribution in [-0.4, -0.2) is 37.1 Å². The molecule has 1 N–H and O–H groups in total. The average molecular weight is 307 g/mol. The second-order valence-electron chi connectivity index (χ2n) is 6.90. The summed E-state index contributed by atoms with van der Waals surface area (Å²) in [6.07, 6.45) is 5.27. The number of nitrogens with one attached hydrogen (secondary N) is 1. The minimum atomic E-state index is 0.706. The van der Waals surface area contributed by atoms with E-state index in [-0.39, 0.29) is 0 Å². The predicted molar refractivity (Wildman–Crippen MR) is 90.1 cm³/mol. The molecule has 0 atom stereocenters. The quantitative estimate of drug-likeness (QED) is 0.887. The van der Waals surface area contributed by atoms with E-state index in [1.54, 1.807) is 0 Å². The van der Waals surface area contributed by atoms with Crippen molar-refractivity contribution in [3.8, 4) is 0 Å². The van der Waals surface area contributed by atoms with Crippen LogP contribution >= 0.6 is 11.6 Å². The van der Waals surface area contributed by atoms with E-state index in [9.17, 15) is 0 Å². The summed E-state index contributed by atoms with van der Waals surface area (Å²) in [5, 5.41) is 4.58. The van der Waals surface area contributed by atoms with Crippen LogP contribution in [0.2, 0.25) is 5.02 Å². The fraction of sp³-hybridized carbons (Fsp3) is 0.667. The third kappa shape index (κ3) is 4.21. The van der Waals surface area contributed by atoms with E-state index in [0.717, 1.165) is 17.5 Å². The van der Waals surface area contributed by atoms with Crippen LogP contribution in [0.5, 0.6) is 0 Å². The number of likely N-dealkylation sites (tertiary alicyclic amines) is 1. The minimum absolute atomic E-state index is 0.706. The molecular formula is C18H27ClN2. The van der Waals surface area contributed by atoms with Gasteiger partial charge in [0.2, 0.25) is 0 Å². The van der Waals surface area contributed by atoms with Gasteiger partial charge in [0.1, 0.15) is 0 Å². The number of halogens is 1. The van der Waals surface area contributed by atoms with Gasteiger partial charge in [0.05, 0.1) is 0 Å². The number of hydrogen-bond donors (Lipinski definition) is 1. The molecule has 0 unspecified atom stereocenters. The van der Waals surface area contributed by atoms with Gasteiger partial charge in [-0.15, -0.1) is 0 Å². The summed E-state index contributed by atoms with van der Waals surface area (Å²) in [7, 11) is 0. The van der Waals surface area contributed by atoms with Gasteiger partial charge in [-0.3, -0.25) is 0 Å². The van der Waals surface area contributed by atoms with Crippen LogP contribution in [-0.2, 0) is 0 Å². The zero-order valence-electron chi connectivity index (χ0n) is 13.0. The minimum Gasteiger partial charge on any atom is -0.313 e. The molecule has 116 valence electrons. The Balaban J connectivity index is 1.32. The second-order valence-corrected chi connectivity index (χ2v) is 7.33. The van der Waals surface area contributed by atoms with E-state index in [4.69, 9.17) is 11.6 Å². The molecule has 0 aromatic heterocycles. The fourth-order valence-electron chi connectivity index (χ4n) is 3.53. The Hall–Kier alpha value is -0.570. The SMILES string of the molecule is CC1CCN(CCNC2CC(c3cccc(Cl)c3)C2)CC1. The van der Waals surface area contributed by atoms with Crippen molar-refractivity contribution in [1.82, 2.24) is 10.2 Å². The third-order valence-corrected chi connectivity index (χ3v) is 5.43. The zero-order chi connectivity index (χ0) is 14.7. The van der Waals surface area contributed by atoms with E-state index in [1.807, 2.05) is 6.07 Å². The summed E-state index contributed by atoms with van der Waals surface area (Å²) in [4.78, 5) is 2.61. The molecule has 0 spiro atoms. The van der Waals surface area contributed by atoms with Crippen LogP contribution in [0.3, 0.4) is 0 Å². The lowest BCUT2D eigenvalue weighted by Gasteiger charge is -2.37. The Morgan fingerprint density at radius 2 is 2.00 bits per heavy atom. The summed E-state index contributed by atoms with van der Waals surface area (Å²) < 4.78 is 0. The number of nitrogens with zero attached hydrogens (tertiary/aromatic N) is 1. The Morgan fingerprint density at radius 3 is 2.71 bits per heavy atom. The van der Waals surface area contributed by atoms with E-state index < -0.39 is 0 Å². The molecular weight excluding hydrogens is 280 g/mol. The molecule has 1 aromatic carbocycles. The summed E-state index contributed by atoms with van der Waals surface area (Å²) in [5.74, 6) is 1.64. The molecule has 21 heavy (non-hydrogen) atoms. The molecule has 3 rings (SSSR count). The molecule has 0 radical (unpaired) electrons. The molecule has 0 bridgehead atoms. The van der Waals surface area contributed by atoms with Crippen LogP contribution in [0.15, 0.2) is 24.3 Å². The smallest absolute Gasteiger partial charge is 0.0408 e. The van der Waals surface area contributed by atoms with Gasteiger partial charge in [0, 0.05) is 24.2 Å². The molecule has 1 aliphatic carbocycles. The number of piperidine rings is 1. The first-order valence-corrected chi connectivity index (χ1v) is 8.79. The van der Waals surface area contributed by atoms with Crippen molar-refractivity contribution in [3.05, 3.63) is 34.9 Å². The van der Waals surface area contributed by atoms with Crippen molar-refractivity contribution in [2.24, 2.45) is 5.92 Å². The zero-order valence-corrected chi connectivity index (χ0v) is 13.8. The summed E-state index contributed by atoms with van der Waals surface area (Å²) in [6.45, 7) is 7.31. The second kappa shape index (κ2) is 7.13. The first-order chi connectivity index (χ1) is 10.2. The van der Waals surface area contributed by atoms with Crippen LogP contribution < -0.4 is 5.32 Å². The molecule has 2 aliphatic rings. The average Bonchev–Trinajstić information content (AvgIpc) is 2.43. The normalized spacial score (nSPS) is 27.5. The van der Waals surface area contributed by atoms with Crippen LogP contribution in [0.1, 0.15) is 44.1 Å². The van der Waals surface area contributed by atoms with Gasteiger partial charge in [-0.2, -0.15) is 0 Å². The molecule has 3 heteroatoms. The van der Waals surface area contributed by atoms with Crippen molar-refractivity contribution in [2.45, 2.75) is 44.6 Å². The van der Waals surface area contributed by atoms with E-state index >= 15 is 0 Å². The standard InChI is InChI=1S/C18H27ClN2/c1-14-5-8-21(9-6-14)10-7-20-18-12-16(13-18)15-3-2-4-17(19)11-15/h2-4,11,14,16,18,20H,5-10,12-13H2,1H3. The van der Waals surface area contributed by atoms with Crippen molar-refractivity contribution >= 4 is 11.6 Å². The largest absolute Gasteiger partial charge is 0.313 e. The van der Waals surface area contributed by atoms with Crippen molar-refractivity contribution in [3.63, 3.8) is 0 Å².